The van der Waals surface area contributed by atoms with Gasteiger partial charge in [-0.05, 0) is 31.3 Å². The first kappa shape index (κ1) is 20.8. The molecule has 8 heteroatoms. The highest BCUT2D eigenvalue weighted by Crippen LogP contribution is 2.49. The molecule has 7 nitrogen and oxygen atoms in total. The molecular formula is C20H27ClN4O3. The number of allylic oxidation sites excluding steroid dienone is 3. The van der Waals surface area contributed by atoms with Crippen molar-refractivity contribution in [3.63, 3.8) is 0 Å². The van der Waals surface area contributed by atoms with Gasteiger partial charge in [-0.25, -0.2) is 9.97 Å². The Morgan fingerprint density at radius 2 is 2.18 bits per heavy atom. The molecule has 1 heterocycles. The maximum atomic E-state index is 12.7. The van der Waals surface area contributed by atoms with Crippen LogP contribution < -0.4 is 10.6 Å². The molecule has 0 aromatic carbocycles. The average molecular weight is 407 g/mol. The van der Waals surface area contributed by atoms with Crippen molar-refractivity contribution in [2.45, 2.75) is 44.7 Å². The molecule has 2 aliphatic carbocycles. The van der Waals surface area contributed by atoms with Gasteiger partial charge in [0.25, 0.3) is 0 Å². The van der Waals surface area contributed by atoms with Gasteiger partial charge < -0.3 is 20.8 Å². The predicted molar refractivity (Wildman–Crippen MR) is 108 cm³/mol. The van der Waals surface area contributed by atoms with E-state index in [2.05, 4.69) is 33.6 Å². The maximum absolute atomic E-state index is 12.7. The Morgan fingerprint density at radius 1 is 1.39 bits per heavy atom. The van der Waals surface area contributed by atoms with Gasteiger partial charge in [-0.3, -0.25) is 4.79 Å². The van der Waals surface area contributed by atoms with E-state index in [1.807, 2.05) is 19.1 Å². The van der Waals surface area contributed by atoms with Gasteiger partial charge >= 0.3 is 0 Å². The Bertz CT molecular complexity index is 783. The summed E-state index contributed by atoms with van der Waals surface area (Å²) in [6.07, 6.45) is 9.04. The summed E-state index contributed by atoms with van der Waals surface area (Å²) in [7, 11) is 0. The summed E-state index contributed by atoms with van der Waals surface area (Å²) in [5.74, 6) is 0.390. The molecule has 28 heavy (non-hydrogen) atoms. The van der Waals surface area contributed by atoms with Crippen LogP contribution in [-0.4, -0.2) is 51.4 Å². The number of aliphatic hydroxyl groups is 2. The van der Waals surface area contributed by atoms with Gasteiger partial charge in [-0.15, -0.1) is 0 Å². The second-order valence-corrected chi connectivity index (χ2v) is 8.06. The van der Waals surface area contributed by atoms with Crippen molar-refractivity contribution in [1.29, 1.82) is 0 Å². The number of anilines is 1. The second-order valence-electron chi connectivity index (χ2n) is 7.66. The van der Waals surface area contributed by atoms with Crippen LogP contribution in [0.15, 0.2) is 30.0 Å². The van der Waals surface area contributed by atoms with Crippen LogP contribution in [0.25, 0.3) is 0 Å². The van der Waals surface area contributed by atoms with Crippen molar-refractivity contribution in [2.24, 2.45) is 11.8 Å². The number of hydrogen-bond acceptors (Lipinski definition) is 6. The minimum atomic E-state index is -0.371. The molecule has 5 atom stereocenters. The highest BCUT2D eigenvalue weighted by atomic mass is 35.5. The van der Waals surface area contributed by atoms with Crippen molar-refractivity contribution in [3.8, 4) is 0 Å². The van der Waals surface area contributed by atoms with E-state index in [1.54, 1.807) is 0 Å². The molecule has 1 aromatic heterocycles. The average Bonchev–Trinajstić information content (AvgIpc) is 3.48. The van der Waals surface area contributed by atoms with Gasteiger partial charge in [0.15, 0.2) is 0 Å². The number of amides is 1. The summed E-state index contributed by atoms with van der Waals surface area (Å²) < 4.78 is 0. The third-order valence-electron chi connectivity index (χ3n) is 5.15. The van der Waals surface area contributed by atoms with Crippen molar-refractivity contribution in [1.82, 2.24) is 15.3 Å². The zero-order valence-electron chi connectivity index (χ0n) is 16.1. The summed E-state index contributed by atoms with van der Waals surface area (Å²) in [5, 5.41) is 25.3. The highest BCUT2D eigenvalue weighted by Gasteiger charge is 2.46. The topological polar surface area (TPSA) is 107 Å². The summed E-state index contributed by atoms with van der Waals surface area (Å²) in [6, 6.07) is -0.553. The number of carbonyl (C=O) groups excluding carboxylic acids is 1. The van der Waals surface area contributed by atoms with Crippen molar-refractivity contribution in [2.75, 3.05) is 18.5 Å². The summed E-state index contributed by atoms with van der Waals surface area (Å²) >= 11 is 6.25. The smallest absolute Gasteiger partial charge is 0.224 e. The monoisotopic (exact) mass is 406 g/mol. The minimum absolute atomic E-state index is 0.0397. The lowest BCUT2D eigenvalue weighted by Crippen LogP contribution is -2.40. The third kappa shape index (κ3) is 4.90. The van der Waals surface area contributed by atoms with Gasteiger partial charge in [-0.2, -0.15) is 0 Å². The summed E-state index contributed by atoms with van der Waals surface area (Å²) in [5.41, 5.74) is 1.67. The SMILES string of the molecule is CC1C=CC=C([C@@H](CO)NC(=O)C2CC2c2nc(NC(C)CO)ncc2Cl)C1. The van der Waals surface area contributed by atoms with E-state index >= 15 is 0 Å². The highest BCUT2D eigenvalue weighted by molar-refractivity contribution is 6.31. The van der Waals surface area contributed by atoms with E-state index in [1.165, 1.54) is 6.20 Å². The fourth-order valence-corrected chi connectivity index (χ4v) is 3.66. The number of nitrogens with one attached hydrogen (secondary N) is 2. The molecule has 1 amide bonds. The fourth-order valence-electron chi connectivity index (χ4n) is 3.43. The summed E-state index contributed by atoms with van der Waals surface area (Å²) in [6.45, 7) is 3.76. The van der Waals surface area contributed by atoms with Gasteiger partial charge in [0.05, 0.1) is 36.2 Å². The normalized spacial score (nSPS) is 25.6. The predicted octanol–water partition coefficient (Wildman–Crippen LogP) is 2.03. The van der Waals surface area contributed by atoms with Gasteiger partial charge in [0, 0.05) is 17.9 Å². The van der Waals surface area contributed by atoms with E-state index in [0.29, 0.717) is 29.0 Å². The largest absolute Gasteiger partial charge is 0.394 e. The van der Waals surface area contributed by atoms with Crippen LogP contribution in [0.2, 0.25) is 5.02 Å². The number of halogens is 1. The van der Waals surface area contributed by atoms with Crippen LogP contribution in [0.5, 0.6) is 0 Å². The third-order valence-corrected chi connectivity index (χ3v) is 5.44. The van der Waals surface area contributed by atoms with E-state index in [-0.39, 0.29) is 43.0 Å². The van der Waals surface area contributed by atoms with Crippen LogP contribution in [0.1, 0.15) is 38.3 Å². The van der Waals surface area contributed by atoms with E-state index in [4.69, 9.17) is 16.7 Å². The maximum Gasteiger partial charge on any atom is 0.224 e. The molecule has 0 radical (unpaired) electrons. The van der Waals surface area contributed by atoms with E-state index in [0.717, 1.165) is 12.0 Å². The molecular weight excluding hydrogens is 380 g/mol. The molecule has 2 aliphatic rings. The van der Waals surface area contributed by atoms with Gasteiger partial charge in [0.1, 0.15) is 0 Å². The number of aliphatic hydroxyl groups excluding tert-OH is 2. The first-order chi connectivity index (χ1) is 13.4. The lowest BCUT2D eigenvalue weighted by Gasteiger charge is -2.23. The Hall–Kier alpha value is -1.96. The Kier molecular flexibility index (Phi) is 6.69. The summed E-state index contributed by atoms with van der Waals surface area (Å²) in [4.78, 5) is 21.3. The molecule has 1 fully saturated rings. The van der Waals surface area contributed by atoms with Crippen molar-refractivity contribution in [3.05, 3.63) is 40.7 Å². The minimum Gasteiger partial charge on any atom is -0.394 e. The Balaban J connectivity index is 1.64. The lowest BCUT2D eigenvalue weighted by atomic mass is 9.91. The Labute approximate surface area is 169 Å². The van der Waals surface area contributed by atoms with Crippen LogP contribution in [-0.2, 0) is 4.79 Å². The van der Waals surface area contributed by atoms with E-state index < -0.39 is 0 Å². The molecule has 1 saturated carbocycles. The molecule has 0 spiro atoms. The molecule has 3 rings (SSSR count). The molecule has 4 unspecified atom stereocenters. The molecule has 152 valence electrons. The number of rotatable bonds is 8. The molecule has 0 aliphatic heterocycles. The molecule has 0 bridgehead atoms. The Morgan fingerprint density at radius 3 is 2.86 bits per heavy atom. The first-order valence-electron chi connectivity index (χ1n) is 9.61. The molecule has 1 aromatic rings. The van der Waals surface area contributed by atoms with Crippen LogP contribution in [0.3, 0.4) is 0 Å². The number of hydrogen-bond donors (Lipinski definition) is 4. The fraction of sp³-hybridized carbons (Fsp3) is 0.550. The quantitative estimate of drug-likeness (QED) is 0.526. The lowest BCUT2D eigenvalue weighted by molar-refractivity contribution is -0.123. The first-order valence-corrected chi connectivity index (χ1v) is 9.99. The van der Waals surface area contributed by atoms with Gasteiger partial charge in [0.2, 0.25) is 11.9 Å². The number of nitrogens with zero attached hydrogens (tertiary/aromatic N) is 2. The zero-order chi connectivity index (χ0) is 20.3. The number of carbonyl (C=O) groups is 1. The standard InChI is InChI=1S/C20H27ClN4O3/c1-11-4-3-5-13(6-11)17(10-27)24-19(28)15-7-14(15)18-16(21)8-22-20(25-18)23-12(2)9-26/h3-5,8,11-12,14-15,17,26-27H,6-7,9-10H2,1-2H3,(H,24,28)(H,22,23,25)/t11?,12?,14?,15?,17-/m1/s1. The zero-order valence-corrected chi connectivity index (χ0v) is 16.9. The van der Waals surface area contributed by atoms with Crippen molar-refractivity contribution >= 4 is 23.5 Å². The van der Waals surface area contributed by atoms with Crippen LogP contribution >= 0.6 is 11.6 Å². The second kappa shape index (κ2) is 9.03. The van der Waals surface area contributed by atoms with Gasteiger partial charge in [-0.1, -0.05) is 36.8 Å². The molecule has 0 saturated heterocycles. The number of aromatic nitrogens is 2. The van der Waals surface area contributed by atoms with E-state index in [9.17, 15) is 9.90 Å². The molecule has 4 N–H and O–H groups in total. The van der Waals surface area contributed by atoms with Crippen molar-refractivity contribution < 1.29 is 15.0 Å². The van der Waals surface area contributed by atoms with Crippen LogP contribution in [0.4, 0.5) is 5.95 Å². The van der Waals surface area contributed by atoms with Crippen LogP contribution in [0, 0.1) is 11.8 Å².